The number of carbonyl (C=O) groups is 1. The number of carbonyl (C=O) groups excluding carboxylic acids is 1. The molecular weight excluding hydrogens is 158 g/mol. The summed E-state index contributed by atoms with van der Waals surface area (Å²) in [6, 6.07) is 3.60. The fourth-order valence-corrected chi connectivity index (χ4v) is 0.924. The second-order valence-corrected chi connectivity index (χ2v) is 2.72. The monoisotopic (exact) mass is 166 g/mol. The Morgan fingerprint density at radius 2 is 2.09 bits per heavy atom. The fourth-order valence-electron chi connectivity index (χ4n) is 0.788. The van der Waals surface area contributed by atoms with Crippen LogP contribution in [0.1, 0.15) is 18.4 Å². The Kier molecular flexibility index (Phi) is 2.54. The van der Waals surface area contributed by atoms with Crippen LogP contribution in [0.4, 0.5) is 0 Å². The first-order valence-electron chi connectivity index (χ1n) is 3.32. The average Bonchev–Trinajstić information content (AvgIpc) is 2.05. The van der Waals surface area contributed by atoms with Crippen LogP contribution in [0, 0.1) is 0 Å². The SMILES string of the molecule is CC(C(=O)[S-])c1ccncc1. The molecule has 3 heteroatoms. The quantitative estimate of drug-likeness (QED) is 0.619. The first-order chi connectivity index (χ1) is 5.22. The predicted molar refractivity (Wildman–Crippen MR) is 45.0 cm³/mol. The maximum Gasteiger partial charge on any atom is 0.0270 e. The highest BCUT2D eigenvalue weighted by molar-refractivity contribution is 7.77. The van der Waals surface area contributed by atoms with Crippen LogP contribution in [0.5, 0.6) is 0 Å². The van der Waals surface area contributed by atoms with Gasteiger partial charge in [0.25, 0.3) is 0 Å². The van der Waals surface area contributed by atoms with Gasteiger partial charge in [-0.05, 0) is 17.7 Å². The van der Waals surface area contributed by atoms with Crippen LogP contribution in [0.25, 0.3) is 0 Å². The van der Waals surface area contributed by atoms with E-state index in [1.54, 1.807) is 31.5 Å². The molecule has 0 bridgehead atoms. The van der Waals surface area contributed by atoms with Gasteiger partial charge in [0.05, 0.1) is 0 Å². The molecule has 2 nitrogen and oxygen atoms in total. The minimum absolute atomic E-state index is 0.187. The van der Waals surface area contributed by atoms with E-state index >= 15 is 0 Å². The molecule has 0 N–H and O–H groups in total. The number of hydrogen-bond donors (Lipinski definition) is 0. The second-order valence-electron chi connectivity index (χ2n) is 2.32. The van der Waals surface area contributed by atoms with Gasteiger partial charge in [0.2, 0.25) is 0 Å². The van der Waals surface area contributed by atoms with E-state index in [9.17, 15) is 4.79 Å². The van der Waals surface area contributed by atoms with E-state index < -0.39 is 0 Å². The highest BCUT2D eigenvalue weighted by Crippen LogP contribution is 2.13. The van der Waals surface area contributed by atoms with E-state index in [-0.39, 0.29) is 11.0 Å². The summed E-state index contributed by atoms with van der Waals surface area (Å²) < 4.78 is 0. The molecule has 0 aromatic carbocycles. The van der Waals surface area contributed by atoms with Crippen LogP contribution >= 0.6 is 0 Å². The molecule has 0 amide bonds. The lowest BCUT2D eigenvalue weighted by Crippen LogP contribution is -2.04. The van der Waals surface area contributed by atoms with Crippen molar-refractivity contribution in [3.05, 3.63) is 30.1 Å². The Labute approximate surface area is 71.1 Å². The molecule has 0 fully saturated rings. The third-order valence-electron chi connectivity index (χ3n) is 1.56. The largest absolute Gasteiger partial charge is 0.741 e. The maximum atomic E-state index is 10.7. The minimum Gasteiger partial charge on any atom is -0.741 e. The van der Waals surface area contributed by atoms with Gasteiger partial charge in [0.15, 0.2) is 0 Å². The zero-order valence-electron chi connectivity index (χ0n) is 6.15. The fraction of sp³-hybridized carbons (Fsp3) is 0.250. The summed E-state index contributed by atoms with van der Waals surface area (Å²) in [7, 11) is 0. The lowest BCUT2D eigenvalue weighted by Gasteiger charge is -2.12. The van der Waals surface area contributed by atoms with Crippen LogP contribution in [-0.2, 0) is 17.4 Å². The van der Waals surface area contributed by atoms with Crippen molar-refractivity contribution in [3.63, 3.8) is 0 Å². The Balaban J connectivity index is 2.85. The molecule has 1 aromatic rings. The summed E-state index contributed by atoms with van der Waals surface area (Å²) in [5.41, 5.74) is 0.931. The number of pyridine rings is 1. The van der Waals surface area contributed by atoms with Gasteiger partial charge >= 0.3 is 0 Å². The third-order valence-corrected chi connectivity index (χ3v) is 1.91. The van der Waals surface area contributed by atoms with E-state index in [1.165, 1.54) is 0 Å². The zero-order chi connectivity index (χ0) is 8.27. The Bertz CT molecular complexity index is 248. The molecule has 1 rings (SSSR count). The van der Waals surface area contributed by atoms with Gasteiger partial charge in [-0.2, -0.15) is 0 Å². The normalized spacial score (nSPS) is 12.5. The standard InChI is InChI=1S/C8H9NOS/c1-6(8(10)11)7-2-4-9-5-3-7/h2-6H,1H3,(H,10,11)/p-1. The highest BCUT2D eigenvalue weighted by atomic mass is 32.1. The molecule has 58 valence electrons. The minimum atomic E-state index is -0.226. The van der Waals surface area contributed by atoms with Gasteiger partial charge in [-0.25, -0.2) is 0 Å². The van der Waals surface area contributed by atoms with Gasteiger partial charge < -0.3 is 17.4 Å². The highest BCUT2D eigenvalue weighted by Gasteiger charge is 2.03. The van der Waals surface area contributed by atoms with E-state index in [0.717, 1.165) is 5.56 Å². The van der Waals surface area contributed by atoms with Gasteiger partial charge in [0.1, 0.15) is 0 Å². The molecule has 0 spiro atoms. The Hall–Kier alpha value is -0.960. The number of aromatic nitrogens is 1. The van der Waals surface area contributed by atoms with Crippen LogP contribution in [0.2, 0.25) is 0 Å². The molecule has 0 aliphatic rings. The van der Waals surface area contributed by atoms with E-state index in [2.05, 4.69) is 17.6 Å². The molecule has 1 atom stereocenters. The van der Waals surface area contributed by atoms with Crippen LogP contribution in [0.3, 0.4) is 0 Å². The molecule has 0 saturated heterocycles. The maximum absolute atomic E-state index is 10.7. The smallest absolute Gasteiger partial charge is 0.0270 e. The molecule has 1 unspecified atom stereocenters. The summed E-state index contributed by atoms with van der Waals surface area (Å²) >= 11 is 4.52. The molecule has 11 heavy (non-hydrogen) atoms. The van der Waals surface area contributed by atoms with Crippen molar-refractivity contribution in [2.24, 2.45) is 0 Å². The topological polar surface area (TPSA) is 30.0 Å². The molecule has 1 heterocycles. The van der Waals surface area contributed by atoms with Crippen LogP contribution in [0.15, 0.2) is 24.5 Å². The van der Waals surface area contributed by atoms with Crippen LogP contribution < -0.4 is 0 Å². The lowest BCUT2D eigenvalue weighted by molar-refractivity contribution is -0.111. The summed E-state index contributed by atoms with van der Waals surface area (Å²) in [5.74, 6) is -0.187. The van der Waals surface area contributed by atoms with E-state index in [1.807, 2.05) is 0 Å². The van der Waals surface area contributed by atoms with Crippen molar-refractivity contribution in [1.29, 1.82) is 0 Å². The van der Waals surface area contributed by atoms with E-state index in [0.29, 0.717) is 0 Å². The Morgan fingerprint density at radius 3 is 2.55 bits per heavy atom. The molecule has 0 saturated carbocycles. The predicted octanol–water partition coefficient (Wildman–Crippen LogP) is 1.26. The summed E-state index contributed by atoms with van der Waals surface area (Å²) in [6.45, 7) is 1.80. The van der Waals surface area contributed by atoms with Gasteiger partial charge in [-0.3, -0.25) is 4.98 Å². The van der Waals surface area contributed by atoms with Crippen molar-refractivity contribution in [2.75, 3.05) is 0 Å². The number of nitrogens with zero attached hydrogens (tertiary/aromatic N) is 1. The number of hydrogen-bond acceptors (Lipinski definition) is 3. The van der Waals surface area contributed by atoms with Gasteiger partial charge in [-0.15, -0.1) is 0 Å². The second kappa shape index (κ2) is 3.44. The van der Waals surface area contributed by atoms with Crippen molar-refractivity contribution in [3.8, 4) is 0 Å². The molecule has 0 aliphatic heterocycles. The third kappa shape index (κ3) is 1.98. The van der Waals surface area contributed by atoms with Crippen LogP contribution in [-0.4, -0.2) is 10.1 Å². The molecule has 0 aliphatic carbocycles. The van der Waals surface area contributed by atoms with Gasteiger partial charge in [-0.1, -0.05) is 6.92 Å². The van der Waals surface area contributed by atoms with Crippen molar-refractivity contribution >= 4 is 17.7 Å². The first-order valence-corrected chi connectivity index (χ1v) is 3.73. The molecular formula is C8H8NOS-. The zero-order valence-corrected chi connectivity index (χ0v) is 6.97. The molecule has 1 aromatic heterocycles. The van der Waals surface area contributed by atoms with Crippen molar-refractivity contribution in [1.82, 2.24) is 4.98 Å². The summed E-state index contributed by atoms with van der Waals surface area (Å²) in [4.78, 5) is 14.6. The Morgan fingerprint density at radius 1 is 1.55 bits per heavy atom. The summed E-state index contributed by atoms with van der Waals surface area (Å²) in [5, 5.41) is -0.226. The van der Waals surface area contributed by atoms with Crippen molar-refractivity contribution < 1.29 is 4.79 Å². The number of rotatable bonds is 2. The summed E-state index contributed by atoms with van der Waals surface area (Å²) in [6.07, 6.45) is 3.31. The van der Waals surface area contributed by atoms with Crippen molar-refractivity contribution in [2.45, 2.75) is 12.8 Å². The van der Waals surface area contributed by atoms with Gasteiger partial charge in [0, 0.05) is 23.4 Å². The lowest BCUT2D eigenvalue weighted by atomic mass is 10.1. The first kappa shape index (κ1) is 8.14. The van der Waals surface area contributed by atoms with E-state index in [4.69, 9.17) is 0 Å². The average molecular weight is 166 g/mol. The molecule has 0 radical (unpaired) electrons.